The van der Waals surface area contributed by atoms with E-state index in [9.17, 15) is 0 Å². The third kappa shape index (κ3) is 1.66. The highest BCUT2D eigenvalue weighted by atomic mass is 15.3. The molecule has 2 atom stereocenters. The topological polar surface area (TPSA) is 33.1 Å². The Morgan fingerprint density at radius 1 is 1.28 bits per heavy atom. The van der Waals surface area contributed by atoms with Gasteiger partial charge in [-0.1, -0.05) is 6.92 Å². The van der Waals surface area contributed by atoms with E-state index in [1.165, 1.54) is 50.7 Å². The van der Waals surface area contributed by atoms with Crippen molar-refractivity contribution in [2.45, 2.75) is 32.2 Å². The molecular weight excluding hydrogens is 224 g/mol. The van der Waals surface area contributed by atoms with E-state index in [0.29, 0.717) is 0 Å². The van der Waals surface area contributed by atoms with Crippen LogP contribution < -0.4 is 10.2 Å². The average molecular weight is 246 g/mol. The Bertz CT molecular complexity index is 437. The molecule has 1 aromatic heterocycles. The van der Waals surface area contributed by atoms with Gasteiger partial charge in [0, 0.05) is 38.4 Å². The van der Waals surface area contributed by atoms with E-state index in [0.717, 1.165) is 24.3 Å². The predicted molar refractivity (Wildman–Crippen MR) is 71.9 cm³/mol. The number of anilines is 1. The predicted octanol–water partition coefficient (Wildman–Crippen LogP) is 1.44. The Morgan fingerprint density at radius 2 is 2.00 bits per heavy atom. The molecule has 0 bridgehead atoms. The standard InChI is InChI=1S/C14H22N4/c1-2-12-9-18(13-3-4-13)14(16-12)17-7-10-5-15-6-11(10)8-17/h9-11,13,15H,2-8H2,1H3. The first-order chi connectivity index (χ1) is 8.85. The van der Waals surface area contributed by atoms with E-state index in [4.69, 9.17) is 4.98 Å². The molecule has 0 spiro atoms. The SMILES string of the molecule is CCc1cn(C2CC2)c(N2CC3CNCC3C2)n1. The summed E-state index contributed by atoms with van der Waals surface area (Å²) in [6, 6.07) is 0.742. The Hall–Kier alpha value is -1.03. The van der Waals surface area contributed by atoms with Crippen LogP contribution in [0.3, 0.4) is 0 Å². The van der Waals surface area contributed by atoms with E-state index < -0.39 is 0 Å². The molecule has 4 heteroatoms. The molecule has 3 aliphatic rings. The van der Waals surface area contributed by atoms with Crippen LogP contribution in [0.1, 0.15) is 31.5 Å². The van der Waals surface area contributed by atoms with Crippen molar-refractivity contribution in [3.63, 3.8) is 0 Å². The maximum Gasteiger partial charge on any atom is 0.205 e. The first-order valence-corrected chi connectivity index (χ1v) is 7.38. The Kier molecular flexibility index (Phi) is 2.40. The van der Waals surface area contributed by atoms with E-state index in [1.54, 1.807) is 0 Å². The van der Waals surface area contributed by atoms with Gasteiger partial charge in [0.1, 0.15) is 0 Å². The fourth-order valence-corrected chi connectivity index (χ4v) is 3.48. The van der Waals surface area contributed by atoms with Gasteiger partial charge >= 0.3 is 0 Å². The highest BCUT2D eigenvalue weighted by Crippen LogP contribution is 2.40. The summed E-state index contributed by atoms with van der Waals surface area (Å²) in [5, 5.41) is 3.51. The third-order valence-corrected chi connectivity index (χ3v) is 4.74. The minimum absolute atomic E-state index is 0.742. The molecule has 1 aromatic rings. The number of nitrogens with zero attached hydrogens (tertiary/aromatic N) is 3. The lowest BCUT2D eigenvalue weighted by Crippen LogP contribution is -2.27. The maximum atomic E-state index is 4.87. The van der Waals surface area contributed by atoms with Crippen molar-refractivity contribution in [3.05, 3.63) is 11.9 Å². The number of aromatic nitrogens is 2. The molecule has 3 heterocycles. The summed E-state index contributed by atoms with van der Waals surface area (Å²) in [6.45, 7) is 7.00. The van der Waals surface area contributed by atoms with Crippen LogP contribution in [0.15, 0.2) is 6.20 Å². The minimum atomic E-state index is 0.742. The lowest BCUT2D eigenvalue weighted by Gasteiger charge is -2.19. The summed E-state index contributed by atoms with van der Waals surface area (Å²) >= 11 is 0. The van der Waals surface area contributed by atoms with E-state index in [1.807, 2.05) is 0 Å². The molecule has 3 fully saturated rings. The highest BCUT2D eigenvalue weighted by Gasteiger charge is 2.39. The first kappa shape index (κ1) is 10.9. The molecule has 1 N–H and O–H groups in total. The second-order valence-electron chi connectivity index (χ2n) is 6.11. The molecule has 1 aliphatic carbocycles. The fourth-order valence-electron chi connectivity index (χ4n) is 3.48. The van der Waals surface area contributed by atoms with E-state index in [-0.39, 0.29) is 0 Å². The van der Waals surface area contributed by atoms with E-state index in [2.05, 4.69) is 27.9 Å². The maximum absolute atomic E-state index is 4.87. The monoisotopic (exact) mass is 246 g/mol. The molecule has 2 unspecified atom stereocenters. The van der Waals surface area contributed by atoms with Crippen LogP contribution >= 0.6 is 0 Å². The highest BCUT2D eigenvalue weighted by molar-refractivity contribution is 5.37. The van der Waals surface area contributed by atoms with Crippen molar-refractivity contribution >= 4 is 5.95 Å². The van der Waals surface area contributed by atoms with Crippen molar-refractivity contribution in [2.24, 2.45) is 11.8 Å². The van der Waals surface area contributed by atoms with Gasteiger partial charge in [-0.2, -0.15) is 0 Å². The largest absolute Gasteiger partial charge is 0.342 e. The van der Waals surface area contributed by atoms with Gasteiger partial charge in [-0.3, -0.25) is 0 Å². The molecule has 2 saturated heterocycles. The van der Waals surface area contributed by atoms with Gasteiger partial charge in [0.2, 0.25) is 5.95 Å². The summed E-state index contributed by atoms with van der Waals surface area (Å²) in [6.07, 6.45) is 6.03. The van der Waals surface area contributed by atoms with Gasteiger partial charge in [-0.15, -0.1) is 0 Å². The smallest absolute Gasteiger partial charge is 0.205 e. The van der Waals surface area contributed by atoms with Crippen LogP contribution in [0, 0.1) is 11.8 Å². The Labute approximate surface area is 108 Å². The summed E-state index contributed by atoms with van der Waals surface area (Å²) < 4.78 is 2.45. The van der Waals surface area contributed by atoms with Crippen molar-refractivity contribution in [2.75, 3.05) is 31.1 Å². The summed E-state index contributed by atoms with van der Waals surface area (Å²) in [4.78, 5) is 7.40. The zero-order chi connectivity index (χ0) is 12.1. The third-order valence-electron chi connectivity index (χ3n) is 4.74. The molecule has 18 heavy (non-hydrogen) atoms. The summed E-state index contributed by atoms with van der Waals surface area (Å²) in [5.74, 6) is 2.95. The Balaban J connectivity index is 1.61. The number of aryl methyl sites for hydroxylation is 1. The number of nitrogens with one attached hydrogen (secondary N) is 1. The van der Waals surface area contributed by atoms with Crippen LogP contribution in [-0.4, -0.2) is 35.7 Å². The molecule has 1 saturated carbocycles. The molecular formula is C14H22N4. The number of imidazole rings is 1. The zero-order valence-corrected chi connectivity index (χ0v) is 11.1. The summed E-state index contributed by atoms with van der Waals surface area (Å²) in [7, 11) is 0. The Morgan fingerprint density at radius 3 is 2.61 bits per heavy atom. The molecule has 4 nitrogen and oxygen atoms in total. The second kappa shape index (κ2) is 3.98. The fraction of sp³-hybridized carbons (Fsp3) is 0.786. The molecule has 0 radical (unpaired) electrons. The van der Waals surface area contributed by atoms with Gasteiger partial charge in [-0.25, -0.2) is 4.98 Å². The van der Waals surface area contributed by atoms with Crippen LogP contribution in [0.2, 0.25) is 0 Å². The molecule has 4 rings (SSSR count). The normalized spacial score (nSPS) is 31.1. The van der Waals surface area contributed by atoms with Crippen molar-refractivity contribution in [1.82, 2.24) is 14.9 Å². The lowest BCUT2D eigenvalue weighted by atomic mass is 10.0. The van der Waals surface area contributed by atoms with Crippen LogP contribution in [-0.2, 0) is 6.42 Å². The van der Waals surface area contributed by atoms with Crippen molar-refractivity contribution < 1.29 is 0 Å². The average Bonchev–Trinajstić information content (AvgIpc) is 2.83. The molecule has 2 aliphatic heterocycles. The van der Waals surface area contributed by atoms with Gasteiger partial charge < -0.3 is 14.8 Å². The number of fused-ring (bicyclic) bond motifs is 1. The molecule has 98 valence electrons. The molecule has 0 amide bonds. The van der Waals surface area contributed by atoms with Crippen LogP contribution in [0.4, 0.5) is 5.95 Å². The van der Waals surface area contributed by atoms with Gasteiger partial charge in [-0.05, 0) is 31.1 Å². The van der Waals surface area contributed by atoms with Crippen molar-refractivity contribution in [1.29, 1.82) is 0 Å². The van der Waals surface area contributed by atoms with Gasteiger partial charge in [0.05, 0.1) is 5.69 Å². The molecule has 0 aromatic carbocycles. The lowest BCUT2D eigenvalue weighted by molar-refractivity contribution is 0.533. The minimum Gasteiger partial charge on any atom is -0.342 e. The number of hydrogen-bond acceptors (Lipinski definition) is 3. The van der Waals surface area contributed by atoms with Crippen molar-refractivity contribution in [3.8, 4) is 0 Å². The quantitative estimate of drug-likeness (QED) is 0.876. The second-order valence-corrected chi connectivity index (χ2v) is 6.11. The first-order valence-electron chi connectivity index (χ1n) is 7.38. The number of hydrogen-bond donors (Lipinski definition) is 1. The van der Waals surface area contributed by atoms with Crippen LogP contribution in [0.5, 0.6) is 0 Å². The zero-order valence-electron chi connectivity index (χ0n) is 11.1. The van der Waals surface area contributed by atoms with Crippen LogP contribution in [0.25, 0.3) is 0 Å². The number of rotatable bonds is 3. The summed E-state index contributed by atoms with van der Waals surface area (Å²) in [5.41, 5.74) is 1.26. The van der Waals surface area contributed by atoms with E-state index >= 15 is 0 Å². The van der Waals surface area contributed by atoms with Gasteiger partial charge in [0.25, 0.3) is 0 Å². The van der Waals surface area contributed by atoms with Gasteiger partial charge in [0.15, 0.2) is 0 Å².